The van der Waals surface area contributed by atoms with E-state index in [1.54, 1.807) is 0 Å². The van der Waals surface area contributed by atoms with Crippen molar-refractivity contribution in [3.8, 4) is 0 Å². The molecule has 0 N–H and O–H groups in total. The standard InChI is InChI=1S/C7H13N2.CHF3O3S/c1-4-9-6-5-8(3)7(9)2;2-1(3,4)8(5,6)7/h5-6H,4H2,1-3H3;(H,5,6,7)/q+1;/p-1. The Bertz CT molecular complexity index is 465. The third-order valence-corrected chi connectivity index (χ3v) is 2.59. The molecule has 0 fully saturated rings. The second-order valence-corrected chi connectivity index (χ2v) is 4.51. The van der Waals surface area contributed by atoms with Crippen LogP contribution in [0, 0.1) is 6.92 Å². The predicted molar refractivity (Wildman–Crippen MR) is 51.8 cm³/mol. The Balaban J connectivity index is 0.000000304. The maximum atomic E-state index is 10.7. The zero-order valence-electron chi connectivity index (χ0n) is 9.52. The Morgan fingerprint density at radius 1 is 1.47 bits per heavy atom. The maximum Gasteiger partial charge on any atom is 0.485 e. The minimum absolute atomic E-state index is 1.06. The first-order valence-electron chi connectivity index (χ1n) is 4.54. The van der Waals surface area contributed by atoms with Crippen LogP contribution in [0.1, 0.15) is 12.7 Å². The van der Waals surface area contributed by atoms with Crippen LogP contribution in [0.4, 0.5) is 13.2 Å². The van der Waals surface area contributed by atoms with Crippen LogP contribution in [0.2, 0.25) is 0 Å². The highest BCUT2D eigenvalue weighted by Crippen LogP contribution is 2.20. The molecule has 0 aliphatic heterocycles. The van der Waals surface area contributed by atoms with Crippen LogP contribution < -0.4 is 4.57 Å². The Kier molecular flexibility index (Phi) is 5.14. The van der Waals surface area contributed by atoms with Gasteiger partial charge in [-0.1, -0.05) is 0 Å². The molecule has 0 amide bonds. The molecule has 1 heterocycles. The molecule has 0 saturated heterocycles. The minimum Gasteiger partial charge on any atom is -0.741 e. The summed E-state index contributed by atoms with van der Waals surface area (Å²) in [5.41, 5.74) is -5.65. The van der Waals surface area contributed by atoms with E-state index in [9.17, 15) is 13.2 Å². The third-order valence-electron chi connectivity index (χ3n) is 2.02. The molecule has 0 bridgehead atoms. The normalized spacial score (nSPS) is 11.9. The van der Waals surface area contributed by atoms with Gasteiger partial charge in [-0.25, -0.2) is 17.6 Å². The lowest BCUT2D eigenvalue weighted by Crippen LogP contribution is -2.33. The summed E-state index contributed by atoms with van der Waals surface area (Å²) in [6.07, 6.45) is 4.16. The summed E-state index contributed by atoms with van der Waals surface area (Å²) in [5, 5.41) is 0. The Hall–Kier alpha value is -1.09. The number of hydrogen-bond donors (Lipinski definition) is 0. The van der Waals surface area contributed by atoms with Crippen molar-refractivity contribution in [3.05, 3.63) is 18.2 Å². The van der Waals surface area contributed by atoms with Crippen molar-refractivity contribution in [2.24, 2.45) is 7.05 Å². The zero-order valence-corrected chi connectivity index (χ0v) is 10.3. The number of aromatic nitrogens is 2. The van der Waals surface area contributed by atoms with Crippen LogP contribution in [0.3, 0.4) is 0 Å². The molecule has 5 nitrogen and oxygen atoms in total. The first kappa shape index (κ1) is 15.9. The summed E-state index contributed by atoms with van der Waals surface area (Å²) < 4.78 is 63.2. The van der Waals surface area contributed by atoms with Crippen LogP contribution in [0.15, 0.2) is 12.4 Å². The van der Waals surface area contributed by atoms with E-state index >= 15 is 0 Å². The van der Waals surface area contributed by atoms with E-state index in [0.717, 1.165) is 6.54 Å². The number of hydrogen-bond acceptors (Lipinski definition) is 3. The van der Waals surface area contributed by atoms with Gasteiger partial charge in [0.25, 0.3) is 5.82 Å². The van der Waals surface area contributed by atoms with Crippen molar-refractivity contribution in [3.63, 3.8) is 0 Å². The molecule has 0 spiro atoms. The van der Waals surface area contributed by atoms with Gasteiger partial charge in [-0.05, 0) is 6.92 Å². The van der Waals surface area contributed by atoms with Gasteiger partial charge >= 0.3 is 5.51 Å². The highest BCUT2D eigenvalue weighted by Gasteiger charge is 2.36. The number of imidazole rings is 1. The molecule has 0 aromatic carbocycles. The van der Waals surface area contributed by atoms with Crippen LogP contribution in [0.25, 0.3) is 0 Å². The second kappa shape index (κ2) is 5.50. The van der Waals surface area contributed by atoms with Crippen LogP contribution >= 0.6 is 0 Å². The molecule has 1 aromatic rings. The third kappa shape index (κ3) is 4.73. The summed E-state index contributed by atoms with van der Waals surface area (Å²) in [6, 6.07) is 0. The molecule has 0 radical (unpaired) electrons. The molecule has 1 rings (SSSR count). The molecule has 17 heavy (non-hydrogen) atoms. The van der Waals surface area contributed by atoms with E-state index in [0.29, 0.717) is 0 Å². The van der Waals surface area contributed by atoms with E-state index < -0.39 is 15.6 Å². The maximum absolute atomic E-state index is 10.7. The number of rotatable bonds is 1. The molecule has 1 aromatic heterocycles. The Morgan fingerprint density at radius 3 is 2.00 bits per heavy atom. The van der Waals surface area contributed by atoms with Gasteiger partial charge < -0.3 is 4.55 Å². The fourth-order valence-corrected chi connectivity index (χ4v) is 0.933. The number of aryl methyl sites for hydroxylation is 2. The van der Waals surface area contributed by atoms with Gasteiger partial charge in [0.15, 0.2) is 10.1 Å². The van der Waals surface area contributed by atoms with Crippen molar-refractivity contribution in [1.29, 1.82) is 0 Å². The summed E-state index contributed by atoms with van der Waals surface area (Å²) in [7, 11) is -4.03. The van der Waals surface area contributed by atoms with E-state index in [1.807, 2.05) is 0 Å². The highest BCUT2D eigenvalue weighted by atomic mass is 32.2. The number of alkyl halides is 3. The van der Waals surface area contributed by atoms with Crippen LogP contribution in [-0.4, -0.2) is 23.0 Å². The molecular formula is C8H13F3N2O3S. The summed E-state index contributed by atoms with van der Waals surface area (Å²) in [5.74, 6) is 1.30. The molecular weight excluding hydrogens is 261 g/mol. The van der Waals surface area contributed by atoms with Gasteiger partial charge in [0.2, 0.25) is 0 Å². The topological polar surface area (TPSA) is 66.0 Å². The average Bonchev–Trinajstić information content (AvgIpc) is 2.45. The first-order chi connectivity index (χ1) is 7.50. The molecule has 9 heteroatoms. The van der Waals surface area contributed by atoms with E-state index in [-0.39, 0.29) is 0 Å². The number of halogens is 3. The van der Waals surface area contributed by atoms with Crippen LogP contribution in [0.5, 0.6) is 0 Å². The lowest BCUT2D eigenvalue weighted by molar-refractivity contribution is -0.699. The lowest BCUT2D eigenvalue weighted by atomic mass is 10.6. The fraction of sp³-hybridized carbons (Fsp3) is 0.625. The zero-order chi connectivity index (χ0) is 13.9. The van der Waals surface area contributed by atoms with Crippen LogP contribution in [-0.2, 0) is 23.7 Å². The van der Waals surface area contributed by atoms with E-state index in [1.165, 1.54) is 5.82 Å². The average molecular weight is 274 g/mol. The molecule has 0 aliphatic carbocycles. The van der Waals surface area contributed by atoms with Gasteiger partial charge in [0.05, 0.1) is 13.6 Å². The fourth-order valence-electron chi connectivity index (χ4n) is 0.933. The van der Waals surface area contributed by atoms with Crippen molar-refractivity contribution < 1.29 is 30.7 Å². The highest BCUT2D eigenvalue weighted by molar-refractivity contribution is 7.86. The first-order valence-corrected chi connectivity index (χ1v) is 5.95. The summed E-state index contributed by atoms with van der Waals surface area (Å²) in [4.78, 5) is 0. The summed E-state index contributed by atoms with van der Waals surface area (Å²) >= 11 is 0. The largest absolute Gasteiger partial charge is 0.741 e. The molecule has 100 valence electrons. The van der Waals surface area contributed by atoms with Crippen molar-refractivity contribution in [2.75, 3.05) is 0 Å². The SMILES string of the molecule is CC[n+]1ccn(C)c1C.O=S(=O)([O-])C(F)(F)F. The summed E-state index contributed by atoms with van der Waals surface area (Å²) in [6.45, 7) is 5.32. The minimum atomic E-state index is -6.09. The van der Waals surface area contributed by atoms with Crippen molar-refractivity contribution in [2.45, 2.75) is 25.9 Å². The lowest BCUT2D eigenvalue weighted by Gasteiger charge is -2.08. The van der Waals surface area contributed by atoms with Crippen molar-refractivity contribution >= 4 is 10.1 Å². The smallest absolute Gasteiger partial charge is 0.485 e. The molecule has 0 unspecified atom stereocenters. The Labute approximate surface area is 97.2 Å². The van der Waals surface area contributed by atoms with Crippen molar-refractivity contribution in [1.82, 2.24) is 4.57 Å². The van der Waals surface area contributed by atoms with E-state index in [4.69, 9.17) is 13.0 Å². The van der Waals surface area contributed by atoms with Gasteiger partial charge in [-0.3, -0.25) is 0 Å². The molecule has 0 atom stereocenters. The molecule has 0 saturated carbocycles. The predicted octanol–water partition coefficient (Wildman–Crippen LogP) is 0.692. The molecule has 0 aliphatic rings. The van der Waals surface area contributed by atoms with Gasteiger partial charge in [-0.2, -0.15) is 13.2 Å². The van der Waals surface area contributed by atoms with E-state index in [2.05, 4.69) is 42.4 Å². The van der Waals surface area contributed by atoms with Gasteiger partial charge in [-0.15, -0.1) is 0 Å². The monoisotopic (exact) mass is 274 g/mol. The van der Waals surface area contributed by atoms with Gasteiger partial charge in [0, 0.05) is 6.92 Å². The number of nitrogens with zero attached hydrogens (tertiary/aromatic N) is 2. The quantitative estimate of drug-likeness (QED) is 0.430. The Morgan fingerprint density at radius 2 is 1.88 bits per heavy atom. The van der Waals surface area contributed by atoms with Gasteiger partial charge in [0.1, 0.15) is 12.4 Å². The second-order valence-electron chi connectivity index (χ2n) is 3.14.